The SMILES string of the molecule is CC1(CN)CCN(C(=O)C2(c3cccs3)CCCCC2)C1. The van der Waals surface area contributed by atoms with E-state index in [0.29, 0.717) is 12.5 Å². The van der Waals surface area contributed by atoms with Crippen molar-refractivity contribution in [1.82, 2.24) is 4.90 Å². The Morgan fingerprint density at radius 1 is 1.33 bits per heavy atom. The first-order valence-corrected chi connectivity index (χ1v) is 9.01. The van der Waals surface area contributed by atoms with Crippen molar-refractivity contribution < 1.29 is 4.79 Å². The Morgan fingerprint density at radius 3 is 2.67 bits per heavy atom. The van der Waals surface area contributed by atoms with Crippen molar-refractivity contribution in [3.63, 3.8) is 0 Å². The zero-order valence-corrected chi connectivity index (χ0v) is 13.8. The minimum absolute atomic E-state index is 0.112. The van der Waals surface area contributed by atoms with Crippen LogP contribution in [0.2, 0.25) is 0 Å². The minimum Gasteiger partial charge on any atom is -0.341 e. The zero-order valence-electron chi connectivity index (χ0n) is 12.9. The van der Waals surface area contributed by atoms with Gasteiger partial charge in [-0.25, -0.2) is 0 Å². The molecule has 3 rings (SSSR count). The molecule has 1 aromatic rings. The predicted molar refractivity (Wildman–Crippen MR) is 87.4 cm³/mol. The second kappa shape index (κ2) is 5.73. The summed E-state index contributed by atoms with van der Waals surface area (Å²) in [5, 5.41) is 2.10. The van der Waals surface area contributed by atoms with Crippen molar-refractivity contribution in [2.75, 3.05) is 19.6 Å². The number of carbonyl (C=O) groups is 1. The predicted octanol–water partition coefficient (Wildman–Crippen LogP) is 3.15. The van der Waals surface area contributed by atoms with Gasteiger partial charge in [-0.15, -0.1) is 11.3 Å². The van der Waals surface area contributed by atoms with E-state index in [9.17, 15) is 4.79 Å². The van der Waals surface area contributed by atoms with Crippen molar-refractivity contribution >= 4 is 17.2 Å². The summed E-state index contributed by atoms with van der Waals surface area (Å²) in [4.78, 5) is 16.7. The molecule has 1 aliphatic heterocycles. The van der Waals surface area contributed by atoms with Crippen LogP contribution in [0.3, 0.4) is 0 Å². The topological polar surface area (TPSA) is 46.3 Å². The van der Waals surface area contributed by atoms with Gasteiger partial charge in [-0.3, -0.25) is 4.79 Å². The summed E-state index contributed by atoms with van der Waals surface area (Å²) in [6.45, 7) is 4.58. The van der Waals surface area contributed by atoms with Crippen LogP contribution in [0.25, 0.3) is 0 Å². The molecular formula is C17H26N2OS. The van der Waals surface area contributed by atoms with E-state index in [-0.39, 0.29) is 10.8 Å². The van der Waals surface area contributed by atoms with Gasteiger partial charge in [0, 0.05) is 18.0 Å². The van der Waals surface area contributed by atoms with Crippen LogP contribution in [0.15, 0.2) is 17.5 Å². The molecule has 116 valence electrons. The van der Waals surface area contributed by atoms with Crippen molar-refractivity contribution in [1.29, 1.82) is 0 Å². The number of carbonyl (C=O) groups excluding carboxylic acids is 1. The van der Waals surface area contributed by atoms with Crippen LogP contribution in [0.4, 0.5) is 0 Å². The molecule has 2 heterocycles. The van der Waals surface area contributed by atoms with Gasteiger partial charge in [0.25, 0.3) is 0 Å². The number of hydrogen-bond donors (Lipinski definition) is 1. The minimum atomic E-state index is -0.244. The summed E-state index contributed by atoms with van der Waals surface area (Å²) >= 11 is 1.75. The molecule has 1 aliphatic carbocycles. The van der Waals surface area contributed by atoms with E-state index >= 15 is 0 Å². The first kappa shape index (κ1) is 15.0. The summed E-state index contributed by atoms with van der Waals surface area (Å²) in [7, 11) is 0. The second-order valence-corrected chi connectivity index (χ2v) is 8.06. The van der Waals surface area contributed by atoms with Crippen molar-refractivity contribution in [2.24, 2.45) is 11.1 Å². The lowest BCUT2D eigenvalue weighted by Crippen LogP contribution is -2.47. The largest absolute Gasteiger partial charge is 0.341 e. The number of amides is 1. The van der Waals surface area contributed by atoms with Crippen LogP contribution < -0.4 is 5.73 Å². The zero-order chi connectivity index (χ0) is 14.9. The van der Waals surface area contributed by atoms with E-state index in [1.165, 1.54) is 24.1 Å². The van der Waals surface area contributed by atoms with Gasteiger partial charge in [0.1, 0.15) is 0 Å². The number of thiophene rings is 1. The van der Waals surface area contributed by atoms with Gasteiger partial charge in [-0.2, -0.15) is 0 Å². The van der Waals surface area contributed by atoms with Gasteiger partial charge in [0.05, 0.1) is 5.41 Å². The highest BCUT2D eigenvalue weighted by atomic mass is 32.1. The fourth-order valence-electron chi connectivity index (χ4n) is 3.94. The molecule has 2 aliphatic rings. The maximum atomic E-state index is 13.3. The molecule has 1 saturated heterocycles. The molecule has 0 spiro atoms. The monoisotopic (exact) mass is 306 g/mol. The third-order valence-electron chi connectivity index (χ3n) is 5.45. The molecule has 1 unspecified atom stereocenters. The molecule has 4 heteroatoms. The molecular weight excluding hydrogens is 280 g/mol. The molecule has 2 N–H and O–H groups in total. The summed E-state index contributed by atoms with van der Waals surface area (Å²) in [6, 6.07) is 4.24. The third kappa shape index (κ3) is 2.64. The molecule has 1 aromatic heterocycles. The van der Waals surface area contributed by atoms with Gasteiger partial charge in [0.2, 0.25) is 5.91 Å². The summed E-state index contributed by atoms with van der Waals surface area (Å²) in [6.07, 6.45) is 6.68. The summed E-state index contributed by atoms with van der Waals surface area (Å²) < 4.78 is 0. The highest BCUT2D eigenvalue weighted by Gasteiger charge is 2.47. The van der Waals surface area contributed by atoms with E-state index in [0.717, 1.165) is 32.4 Å². The lowest BCUT2D eigenvalue weighted by molar-refractivity contribution is -0.138. The van der Waals surface area contributed by atoms with E-state index < -0.39 is 0 Å². The van der Waals surface area contributed by atoms with E-state index in [1.807, 2.05) is 0 Å². The Labute approximate surface area is 131 Å². The summed E-state index contributed by atoms with van der Waals surface area (Å²) in [5.41, 5.74) is 5.77. The Morgan fingerprint density at radius 2 is 2.10 bits per heavy atom. The molecule has 3 nitrogen and oxygen atoms in total. The van der Waals surface area contributed by atoms with E-state index in [1.54, 1.807) is 11.3 Å². The molecule has 1 amide bonds. The summed E-state index contributed by atoms with van der Waals surface area (Å²) in [5.74, 6) is 0.363. The smallest absolute Gasteiger partial charge is 0.234 e. The molecule has 1 saturated carbocycles. The Kier molecular flexibility index (Phi) is 4.10. The van der Waals surface area contributed by atoms with Gasteiger partial charge in [-0.1, -0.05) is 32.3 Å². The van der Waals surface area contributed by atoms with Crippen LogP contribution in [0, 0.1) is 5.41 Å². The van der Waals surface area contributed by atoms with Gasteiger partial charge in [0.15, 0.2) is 0 Å². The first-order chi connectivity index (χ1) is 10.1. The lowest BCUT2D eigenvalue weighted by Gasteiger charge is -2.38. The highest BCUT2D eigenvalue weighted by molar-refractivity contribution is 7.10. The molecule has 2 fully saturated rings. The van der Waals surface area contributed by atoms with Crippen molar-refractivity contribution in [2.45, 2.75) is 50.9 Å². The number of likely N-dealkylation sites (tertiary alicyclic amines) is 1. The van der Waals surface area contributed by atoms with Crippen molar-refractivity contribution in [3.8, 4) is 0 Å². The van der Waals surface area contributed by atoms with Gasteiger partial charge in [-0.05, 0) is 42.7 Å². The Balaban J connectivity index is 1.86. The molecule has 21 heavy (non-hydrogen) atoms. The quantitative estimate of drug-likeness (QED) is 0.932. The third-order valence-corrected chi connectivity index (χ3v) is 6.52. The van der Waals surface area contributed by atoms with Crippen LogP contribution in [0.1, 0.15) is 50.3 Å². The molecule has 1 atom stereocenters. The average molecular weight is 306 g/mol. The number of nitrogens with two attached hydrogens (primary N) is 1. The van der Waals surface area contributed by atoms with Crippen LogP contribution in [-0.4, -0.2) is 30.4 Å². The fourth-order valence-corrected chi connectivity index (χ4v) is 4.92. The Bertz CT molecular complexity index is 493. The van der Waals surface area contributed by atoms with Gasteiger partial charge < -0.3 is 10.6 Å². The standard InChI is InChI=1S/C17H26N2OS/c1-16(12-18)9-10-19(13-16)15(20)17(7-3-2-4-8-17)14-6-5-11-21-14/h5-6,11H,2-4,7-10,12-13,18H2,1H3. The highest BCUT2D eigenvalue weighted by Crippen LogP contribution is 2.44. The van der Waals surface area contributed by atoms with Crippen LogP contribution >= 0.6 is 11.3 Å². The van der Waals surface area contributed by atoms with Crippen LogP contribution in [0.5, 0.6) is 0 Å². The van der Waals surface area contributed by atoms with Gasteiger partial charge >= 0.3 is 0 Å². The lowest BCUT2D eigenvalue weighted by atomic mass is 9.72. The van der Waals surface area contributed by atoms with E-state index in [2.05, 4.69) is 29.3 Å². The van der Waals surface area contributed by atoms with Crippen molar-refractivity contribution in [3.05, 3.63) is 22.4 Å². The maximum absolute atomic E-state index is 13.3. The normalized spacial score (nSPS) is 28.8. The average Bonchev–Trinajstić information content (AvgIpc) is 3.18. The molecule has 0 radical (unpaired) electrons. The second-order valence-electron chi connectivity index (χ2n) is 7.11. The Hall–Kier alpha value is -0.870. The fraction of sp³-hybridized carbons (Fsp3) is 0.706. The first-order valence-electron chi connectivity index (χ1n) is 8.13. The number of rotatable bonds is 3. The maximum Gasteiger partial charge on any atom is 0.234 e. The van der Waals surface area contributed by atoms with E-state index in [4.69, 9.17) is 5.73 Å². The molecule has 0 aromatic carbocycles. The van der Waals surface area contributed by atoms with Crippen LogP contribution in [-0.2, 0) is 10.2 Å². The number of nitrogens with zero attached hydrogens (tertiary/aromatic N) is 1. The molecule has 0 bridgehead atoms. The number of hydrogen-bond acceptors (Lipinski definition) is 3.